The predicted molar refractivity (Wildman–Crippen MR) is 83.6 cm³/mol. The number of carbonyl (C=O) groups excluding carboxylic acids is 1. The van der Waals surface area contributed by atoms with E-state index >= 15 is 0 Å². The van der Waals surface area contributed by atoms with Crippen LogP contribution in [-0.2, 0) is 4.74 Å². The molecule has 1 aromatic rings. The third-order valence-corrected chi connectivity index (χ3v) is 3.44. The van der Waals surface area contributed by atoms with E-state index in [4.69, 9.17) is 4.74 Å². The molecule has 104 valence electrons. The van der Waals surface area contributed by atoms with Gasteiger partial charge in [-0.2, -0.15) is 0 Å². The van der Waals surface area contributed by atoms with Gasteiger partial charge >= 0.3 is 6.09 Å². The van der Waals surface area contributed by atoms with Gasteiger partial charge in [0, 0.05) is 10.4 Å². The van der Waals surface area contributed by atoms with Gasteiger partial charge in [0.25, 0.3) is 0 Å². The summed E-state index contributed by atoms with van der Waals surface area (Å²) in [6.45, 7) is 17.2. The number of nitrogens with one attached hydrogen (secondary N) is 1. The molecule has 0 aliphatic heterocycles. The van der Waals surface area contributed by atoms with Gasteiger partial charge in [-0.1, -0.05) is 13.2 Å². The average molecular weight is 279 g/mol. The Labute approximate surface area is 119 Å². The summed E-state index contributed by atoms with van der Waals surface area (Å²) in [5.41, 5.74) is 2.27. The number of ether oxygens (including phenoxy) is 1. The van der Waals surface area contributed by atoms with Gasteiger partial charge < -0.3 is 4.74 Å². The maximum Gasteiger partial charge on any atom is 0.412 e. The van der Waals surface area contributed by atoms with Crippen molar-refractivity contribution >= 4 is 33.6 Å². The van der Waals surface area contributed by atoms with Crippen LogP contribution >= 0.6 is 11.3 Å². The Kier molecular flexibility index (Phi) is 4.58. The molecule has 0 spiro atoms. The molecule has 19 heavy (non-hydrogen) atoms. The molecule has 0 aromatic carbocycles. The van der Waals surface area contributed by atoms with Gasteiger partial charge in [0.2, 0.25) is 0 Å². The molecule has 0 bridgehead atoms. The third kappa shape index (κ3) is 4.56. The second kappa shape index (κ2) is 5.61. The summed E-state index contributed by atoms with van der Waals surface area (Å²) in [6, 6.07) is 1.99. The molecule has 1 amide bonds. The standard InChI is InChI=1S/C15H21NO2S/c1-9(2)11-8-12(10(3)4)19-13(11)16-14(17)18-15(5,6)7/h8H,1,3H2,2,4-7H3,(H,16,17). The van der Waals surface area contributed by atoms with Crippen molar-refractivity contribution in [1.29, 1.82) is 0 Å². The van der Waals surface area contributed by atoms with Gasteiger partial charge in [-0.15, -0.1) is 11.3 Å². The van der Waals surface area contributed by atoms with Crippen LogP contribution in [0.3, 0.4) is 0 Å². The monoisotopic (exact) mass is 279 g/mol. The summed E-state index contributed by atoms with van der Waals surface area (Å²) in [6.07, 6.45) is -0.454. The van der Waals surface area contributed by atoms with Crippen molar-refractivity contribution in [2.75, 3.05) is 5.32 Å². The lowest BCUT2D eigenvalue weighted by atomic mass is 10.1. The summed E-state index contributed by atoms with van der Waals surface area (Å²) in [7, 11) is 0. The molecular weight excluding hydrogens is 258 g/mol. The largest absolute Gasteiger partial charge is 0.444 e. The Morgan fingerprint density at radius 3 is 2.26 bits per heavy atom. The van der Waals surface area contributed by atoms with Crippen LogP contribution in [-0.4, -0.2) is 11.7 Å². The lowest BCUT2D eigenvalue weighted by Crippen LogP contribution is -2.27. The minimum Gasteiger partial charge on any atom is -0.444 e. The summed E-state index contributed by atoms with van der Waals surface area (Å²) >= 11 is 1.48. The molecule has 1 N–H and O–H groups in total. The van der Waals surface area contributed by atoms with E-state index < -0.39 is 11.7 Å². The first-order valence-corrected chi connectivity index (χ1v) is 6.87. The summed E-state index contributed by atoms with van der Waals surface area (Å²) in [4.78, 5) is 12.8. The summed E-state index contributed by atoms with van der Waals surface area (Å²) < 4.78 is 5.25. The highest BCUT2D eigenvalue weighted by molar-refractivity contribution is 7.17. The van der Waals surface area contributed by atoms with Crippen LogP contribution in [0.4, 0.5) is 9.80 Å². The van der Waals surface area contributed by atoms with Crippen LogP contribution in [0, 0.1) is 0 Å². The molecule has 0 fully saturated rings. The highest BCUT2D eigenvalue weighted by Crippen LogP contribution is 2.35. The molecule has 1 aromatic heterocycles. The number of hydrogen-bond acceptors (Lipinski definition) is 3. The molecular formula is C15H21NO2S. The van der Waals surface area contributed by atoms with Crippen molar-refractivity contribution < 1.29 is 9.53 Å². The van der Waals surface area contributed by atoms with Gasteiger partial charge in [-0.05, 0) is 51.8 Å². The zero-order chi connectivity index (χ0) is 14.8. The number of thiophene rings is 1. The highest BCUT2D eigenvalue weighted by atomic mass is 32.1. The Morgan fingerprint density at radius 2 is 1.84 bits per heavy atom. The van der Waals surface area contributed by atoms with Gasteiger partial charge in [-0.3, -0.25) is 5.32 Å². The van der Waals surface area contributed by atoms with Crippen LogP contribution in [0.15, 0.2) is 19.2 Å². The molecule has 4 heteroatoms. The van der Waals surface area contributed by atoms with E-state index in [1.165, 1.54) is 11.3 Å². The number of anilines is 1. The average Bonchev–Trinajstić information content (AvgIpc) is 2.58. The normalized spacial score (nSPS) is 11.0. The fraction of sp³-hybridized carbons (Fsp3) is 0.400. The van der Waals surface area contributed by atoms with E-state index in [9.17, 15) is 4.79 Å². The maximum absolute atomic E-state index is 11.8. The van der Waals surface area contributed by atoms with Crippen molar-refractivity contribution in [3.05, 3.63) is 29.7 Å². The van der Waals surface area contributed by atoms with E-state index in [0.717, 1.165) is 26.6 Å². The highest BCUT2D eigenvalue weighted by Gasteiger charge is 2.19. The van der Waals surface area contributed by atoms with Crippen LogP contribution in [0.1, 0.15) is 45.1 Å². The lowest BCUT2D eigenvalue weighted by Gasteiger charge is -2.19. The van der Waals surface area contributed by atoms with Crippen LogP contribution in [0.5, 0.6) is 0 Å². The predicted octanol–water partition coefficient (Wildman–Crippen LogP) is 5.16. The first kappa shape index (κ1) is 15.5. The first-order chi connectivity index (χ1) is 8.60. The zero-order valence-electron chi connectivity index (χ0n) is 12.2. The smallest absolute Gasteiger partial charge is 0.412 e. The van der Waals surface area contributed by atoms with Crippen LogP contribution in [0.25, 0.3) is 11.1 Å². The quantitative estimate of drug-likeness (QED) is 0.829. The molecule has 1 heterocycles. The van der Waals surface area contributed by atoms with E-state index in [1.54, 1.807) is 0 Å². The molecule has 0 aliphatic rings. The number of amides is 1. The lowest BCUT2D eigenvalue weighted by molar-refractivity contribution is 0.0636. The van der Waals surface area contributed by atoms with Crippen LogP contribution in [0.2, 0.25) is 0 Å². The van der Waals surface area contributed by atoms with E-state index in [0.29, 0.717) is 0 Å². The summed E-state index contributed by atoms with van der Waals surface area (Å²) in [5, 5.41) is 3.53. The van der Waals surface area contributed by atoms with Gasteiger partial charge in [0.05, 0.1) is 0 Å². The fourth-order valence-electron chi connectivity index (χ4n) is 1.41. The SMILES string of the molecule is C=C(C)c1cc(C(=C)C)c(NC(=O)OC(C)(C)C)s1. The zero-order valence-corrected chi connectivity index (χ0v) is 13.0. The van der Waals surface area contributed by atoms with Crippen LogP contribution < -0.4 is 5.32 Å². The number of rotatable bonds is 3. The fourth-order valence-corrected chi connectivity index (χ4v) is 2.46. The molecule has 0 unspecified atom stereocenters. The molecule has 1 rings (SSSR count). The number of carbonyl (C=O) groups is 1. The molecule has 0 atom stereocenters. The second-order valence-electron chi connectivity index (χ2n) is 5.54. The van der Waals surface area contributed by atoms with Gasteiger partial charge in [0.15, 0.2) is 0 Å². The second-order valence-corrected chi connectivity index (χ2v) is 6.59. The van der Waals surface area contributed by atoms with E-state index in [2.05, 4.69) is 18.5 Å². The third-order valence-electron chi connectivity index (χ3n) is 2.23. The van der Waals surface area contributed by atoms with E-state index in [-0.39, 0.29) is 0 Å². The topological polar surface area (TPSA) is 38.3 Å². The number of allylic oxidation sites excluding steroid dienone is 2. The minimum atomic E-state index is -0.512. The Morgan fingerprint density at radius 1 is 1.26 bits per heavy atom. The molecule has 0 saturated heterocycles. The van der Waals surface area contributed by atoms with Crippen molar-refractivity contribution in [2.24, 2.45) is 0 Å². The molecule has 0 radical (unpaired) electrons. The Bertz CT molecular complexity index is 521. The Balaban J connectivity index is 2.97. The van der Waals surface area contributed by atoms with Crippen molar-refractivity contribution in [2.45, 2.75) is 40.2 Å². The van der Waals surface area contributed by atoms with Crippen molar-refractivity contribution in [3.8, 4) is 0 Å². The molecule has 0 saturated carbocycles. The molecule has 0 aliphatic carbocycles. The minimum absolute atomic E-state index is 0.454. The first-order valence-electron chi connectivity index (χ1n) is 6.06. The van der Waals surface area contributed by atoms with Crippen molar-refractivity contribution in [1.82, 2.24) is 0 Å². The maximum atomic E-state index is 11.8. The van der Waals surface area contributed by atoms with E-state index in [1.807, 2.05) is 40.7 Å². The summed E-state index contributed by atoms with van der Waals surface area (Å²) in [5.74, 6) is 0. The Hall–Kier alpha value is -1.55. The molecule has 3 nitrogen and oxygen atoms in total. The number of hydrogen-bond donors (Lipinski definition) is 1. The van der Waals surface area contributed by atoms with Gasteiger partial charge in [-0.25, -0.2) is 4.79 Å². The van der Waals surface area contributed by atoms with Gasteiger partial charge in [0.1, 0.15) is 10.6 Å². The van der Waals surface area contributed by atoms with Crippen molar-refractivity contribution in [3.63, 3.8) is 0 Å².